The Balaban J connectivity index is 1.57. The van der Waals surface area contributed by atoms with Crippen LogP contribution >= 0.6 is 0 Å². The minimum atomic E-state index is -0.152. The molecule has 0 saturated heterocycles. The molecular formula is C24H24N2O2. The molecule has 4 heteroatoms. The van der Waals surface area contributed by atoms with Gasteiger partial charge in [0.1, 0.15) is 0 Å². The molecule has 0 aliphatic carbocycles. The standard InChI is InChI=1S/C24H24N2O2/c1-17-10-12-20(13-11-17)24(28)26-22-9-5-7-19(14-22)16-25-23(27)15-21-8-4-3-6-18(21)2/h3-14H,15-16H2,1-2H3,(H,25,27)(H,26,28). The highest BCUT2D eigenvalue weighted by Gasteiger charge is 2.08. The van der Waals surface area contributed by atoms with Crippen molar-refractivity contribution in [2.75, 3.05) is 5.32 Å². The van der Waals surface area contributed by atoms with Gasteiger partial charge in [-0.2, -0.15) is 0 Å². The van der Waals surface area contributed by atoms with Crippen molar-refractivity contribution in [3.05, 3.63) is 101 Å². The summed E-state index contributed by atoms with van der Waals surface area (Å²) in [6.07, 6.45) is 0.358. The number of hydrogen-bond donors (Lipinski definition) is 2. The normalized spacial score (nSPS) is 10.4. The Labute approximate surface area is 165 Å². The number of anilines is 1. The summed E-state index contributed by atoms with van der Waals surface area (Å²) in [5, 5.41) is 5.84. The third-order valence-corrected chi connectivity index (χ3v) is 4.60. The molecule has 0 spiro atoms. The van der Waals surface area contributed by atoms with E-state index in [1.54, 1.807) is 12.1 Å². The van der Waals surface area contributed by atoms with Gasteiger partial charge in [0.05, 0.1) is 6.42 Å². The van der Waals surface area contributed by atoms with Gasteiger partial charge in [-0.3, -0.25) is 9.59 Å². The molecule has 0 aliphatic heterocycles. The predicted molar refractivity (Wildman–Crippen MR) is 112 cm³/mol. The first-order valence-corrected chi connectivity index (χ1v) is 9.29. The second-order valence-electron chi connectivity index (χ2n) is 6.90. The molecular weight excluding hydrogens is 348 g/mol. The van der Waals surface area contributed by atoms with E-state index >= 15 is 0 Å². The first kappa shape index (κ1) is 19.4. The minimum absolute atomic E-state index is 0.0246. The summed E-state index contributed by atoms with van der Waals surface area (Å²) in [6, 6.07) is 22.8. The van der Waals surface area contributed by atoms with Crippen LogP contribution in [0.25, 0.3) is 0 Å². The lowest BCUT2D eigenvalue weighted by molar-refractivity contribution is -0.120. The van der Waals surface area contributed by atoms with E-state index in [2.05, 4.69) is 10.6 Å². The van der Waals surface area contributed by atoms with Crippen molar-refractivity contribution in [3.63, 3.8) is 0 Å². The summed E-state index contributed by atoms with van der Waals surface area (Å²) in [4.78, 5) is 24.6. The summed E-state index contributed by atoms with van der Waals surface area (Å²) >= 11 is 0. The molecule has 28 heavy (non-hydrogen) atoms. The van der Waals surface area contributed by atoms with Crippen LogP contribution in [0.1, 0.15) is 32.6 Å². The molecule has 3 aromatic carbocycles. The maximum Gasteiger partial charge on any atom is 0.255 e. The van der Waals surface area contributed by atoms with Crippen LogP contribution in [0, 0.1) is 13.8 Å². The Hall–Kier alpha value is -3.40. The number of carbonyl (C=O) groups is 2. The quantitative estimate of drug-likeness (QED) is 0.673. The molecule has 2 amide bonds. The second-order valence-corrected chi connectivity index (χ2v) is 6.90. The molecule has 2 N–H and O–H groups in total. The van der Waals surface area contributed by atoms with Crippen molar-refractivity contribution in [3.8, 4) is 0 Å². The largest absolute Gasteiger partial charge is 0.352 e. The molecule has 0 aliphatic rings. The molecule has 0 fully saturated rings. The van der Waals surface area contributed by atoms with Gasteiger partial charge in [-0.15, -0.1) is 0 Å². The lowest BCUT2D eigenvalue weighted by Gasteiger charge is -2.10. The van der Waals surface area contributed by atoms with Gasteiger partial charge in [0.15, 0.2) is 0 Å². The molecule has 0 radical (unpaired) electrons. The van der Waals surface area contributed by atoms with Crippen molar-refractivity contribution in [2.45, 2.75) is 26.8 Å². The van der Waals surface area contributed by atoms with Crippen LogP contribution < -0.4 is 10.6 Å². The Morgan fingerprint density at radius 3 is 2.36 bits per heavy atom. The summed E-state index contributed by atoms with van der Waals surface area (Å²) in [6.45, 7) is 4.40. The fraction of sp³-hybridized carbons (Fsp3) is 0.167. The molecule has 4 nitrogen and oxygen atoms in total. The van der Waals surface area contributed by atoms with Gasteiger partial charge in [-0.1, -0.05) is 54.1 Å². The topological polar surface area (TPSA) is 58.2 Å². The number of hydrogen-bond acceptors (Lipinski definition) is 2. The Bertz CT molecular complexity index is 978. The molecule has 3 aromatic rings. The fourth-order valence-electron chi connectivity index (χ4n) is 2.91. The maximum atomic E-state index is 12.4. The first-order valence-electron chi connectivity index (χ1n) is 9.29. The number of carbonyl (C=O) groups excluding carboxylic acids is 2. The highest BCUT2D eigenvalue weighted by Crippen LogP contribution is 2.13. The van der Waals surface area contributed by atoms with Gasteiger partial charge in [0, 0.05) is 17.8 Å². The van der Waals surface area contributed by atoms with Crippen molar-refractivity contribution < 1.29 is 9.59 Å². The van der Waals surface area contributed by atoms with Crippen molar-refractivity contribution in [2.24, 2.45) is 0 Å². The lowest BCUT2D eigenvalue weighted by Crippen LogP contribution is -2.24. The van der Waals surface area contributed by atoms with E-state index in [9.17, 15) is 9.59 Å². The average Bonchev–Trinajstić information content (AvgIpc) is 2.69. The van der Waals surface area contributed by atoms with Gasteiger partial charge in [-0.25, -0.2) is 0 Å². The lowest BCUT2D eigenvalue weighted by atomic mass is 10.1. The molecule has 142 valence electrons. The monoisotopic (exact) mass is 372 g/mol. The Morgan fingerprint density at radius 1 is 0.857 bits per heavy atom. The van der Waals surface area contributed by atoms with Gasteiger partial charge in [0.2, 0.25) is 5.91 Å². The number of amides is 2. The maximum absolute atomic E-state index is 12.4. The van der Waals surface area contributed by atoms with E-state index in [1.807, 2.05) is 74.5 Å². The number of aryl methyl sites for hydroxylation is 2. The minimum Gasteiger partial charge on any atom is -0.352 e. The molecule has 0 aromatic heterocycles. The van der Waals surface area contributed by atoms with Crippen LogP contribution in [0.4, 0.5) is 5.69 Å². The molecule has 0 heterocycles. The molecule has 0 saturated carbocycles. The zero-order valence-corrected chi connectivity index (χ0v) is 16.2. The van der Waals surface area contributed by atoms with E-state index in [0.717, 1.165) is 22.3 Å². The van der Waals surface area contributed by atoms with Crippen molar-refractivity contribution in [1.82, 2.24) is 5.32 Å². The smallest absolute Gasteiger partial charge is 0.255 e. The van der Waals surface area contributed by atoms with Crippen molar-refractivity contribution in [1.29, 1.82) is 0 Å². The van der Waals surface area contributed by atoms with Gasteiger partial charge in [-0.05, 0) is 54.8 Å². The number of benzene rings is 3. The molecule has 0 atom stereocenters. The number of rotatable bonds is 6. The Kier molecular flexibility index (Phi) is 6.22. The highest BCUT2D eigenvalue weighted by atomic mass is 16.2. The van der Waals surface area contributed by atoms with Crippen LogP contribution in [-0.2, 0) is 17.8 Å². The predicted octanol–water partition coefficient (Wildman–Crippen LogP) is 4.41. The zero-order valence-electron chi connectivity index (χ0n) is 16.2. The summed E-state index contributed by atoms with van der Waals surface area (Å²) in [5.74, 6) is -0.177. The van der Waals surface area contributed by atoms with Crippen LogP contribution in [-0.4, -0.2) is 11.8 Å². The Morgan fingerprint density at radius 2 is 1.61 bits per heavy atom. The molecule has 0 bridgehead atoms. The van der Waals surface area contributed by atoms with Crippen LogP contribution in [0.3, 0.4) is 0 Å². The van der Waals surface area contributed by atoms with E-state index < -0.39 is 0 Å². The van der Waals surface area contributed by atoms with Crippen molar-refractivity contribution >= 4 is 17.5 Å². The van der Waals surface area contributed by atoms with E-state index in [1.165, 1.54) is 0 Å². The number of nitrogens with one attached hydrogen (secondary N) is 2. The van der Waals surface area contributed by atoms with Gasteiger partial charge < -0.3 is 10.6 Å². The third kappa shape index (κ3) is 5.30. The molecule has 3 rings (SSSR count). The van der Waals surface area contributed by atoms with Crippen LogP contribution in [0.5, 0.6) is 0 Å². The van der Waals surface area contributed by atoms with Crippen LogP contribution in [0.2, 0.25) is 0 Å². The summed E-state index contributed by atoms with van der Waals surface area (Å²) in [5.41, 5.74) is 5.50. The highest BCUT2D eigenvalue weighted by molar-refractivity contribution is 6.04. The first-order chi connectivity index (χ1) is 13.5. The fourth-order valence-corrected chi connectivity index (χ4v) is 2.91. The molecule has 0 unspecified atom stereocenters. The average molecular weight is 372 g/mol. The van der Waals surface area contributed by atoms with Crippen LogP contribution in [0.15, 0.2) is 72.8 Å². The van der Waals surface area contributed by atoms with Gasteiger partial charge >= 0.3 is 0 Å². The summed E-state index contributed by atoms with van der Waals surface area (Å²) in [7, 11) is 0. The SMILES string of the molecule is Cc1ccc(C(=O)Nc2cccc(CNC(=O)Cc3ccccc3C)c2)cc1. The van der Waals surface area contributed by atoms with E-state index in [-0.39, 0.29) is 11.8 Å². The van der Waals surface area contributed by atoms with E-state index in [0.29, 0.717) is 24.2 Å². The summed E-state index contributed by atoms with van der Waals surface area (Å²) < 4.78 is 0. The van der Waals surface area contributed by atoms with E-state index in [4.69, 9.17) is 0 Å². The zero-order chi connectivity index (χ0) is 19.9. The second kappa shape index (κ2) is 9.00. The van der Waals surface area contributed by atoms with Gasteiger partial charge in [0.25, 0.3) is 5.91 Å². The third-order valence-electron chi connectivity index (χ3n) is 4.60.